The van der Waals surface area contributed by atoms with E-state index >= 15 is 0 Å². The van der Waals surface area contributed by atoms with Crippen LogP contribution in [0.3, 0.4) is 0 Å². The molecular formula is C6H8K. The zero-order valence-electron chi connectivity index (χ0n) is 4.94. The summed E-state index contributed by atoms with van der Waals surface area (Å²) >= 11 is 0. The second-order valence-corrected chi connectivity index (χ2v) is 1.65. The molecule has 0 heterocycles. The molecule has 0 fully saturated rings. The Balaban J connectivity index is 0.000000360. The molecule has 1 rings (SSSR count). The number of allylic oxidation sites excluding steroid dienone is 4. The van der Waals surface area contributed by atoms with Crippen LogP contribution in [0.15, 0.2) is 23.8 Å². The normalized spacial score (nSPS) is 15.9. The van der Waals surface area contributed by atoms with Gasteiger partial charge in [0.15, 0.2) is 0 Å². The summed E-state index contributed by atoms with van der Waals surface area (Å²) in [7, 11) is 0. The van der Waals surface area contributed by atoms with Gasteiger partial charge in [0.1, 0.15) is 0 Å². The molecule has 0 aromatic rings. The molecule has 1 aliphatic rings. The average molecular weight is 119 g/mol. The second kappa shape index (κ2) is 4.04. The van der Waals surface area contributed by atoms with E-state index < -0.39 is 0 Å². The first-order chi connectivity index (χ1) is 2.89. The van der Waals surface area contributed by atoms with Gasteiger partial charge >= 0.3 is 0 Å². The van der Waals surface area contributed by atoms with Crippen LogP contribution in [0.4, 0.5) is 0 Å². The van der Waals surface area contributed by atoms with E-state index in [1.165, 1.54) is 12.0 Å². The van der Waals surface area contributed by atoms with Gasteiger partial charge in [-0.2, -0.15) is 0 Å². The van der Waals surface area contributed by atoms with E-state index in [0.717, 1.165) is 0 Å². The predicted molar refractivity (Wildman–Crippen MR) is 33.3 cm³/mol. The maximum Gasteiger partial charge on any atom is 0 e. The summed E-state index contributed by atoms with van der Waals surface area (Å²) in [4.78, 5) is 0. The van der Waals surface area contributed by atoms with Crippen LogP contribution in [0.2, 0.25) is 0 Å². The quantitative estimate of drug-likeness (QED) is 0.424. The third-order valence-electron chi connectivity index (χ3n) is 0.957. The molecule has 0 aromatic carbocycles. The molecule has 1 aliphatic carbocycles. The third kappa shape index (κ3) is 2.83. The molecule has 7 heavy (non-hydrogen) atoms. The van der Waals surface area contributed by atoms with Crippen molar-refractivity contribution >= 4 is 51.4 Å². The molecule has 0 atom stereocenters. The molecule has 0 unspecified atom stereocenters. The maximum atomic E-state index is 2.16. The summed E-state index contributed by atoms with van der Waals surface area (Å²) in [5, 5.41) is 0. The van der Waals surface area contributed by atoms with Crippen LogP contribution in [-0.4, -0.2) is 51.4 Å². The SMILES string of the molecule is CC1=CC=CC1.[K]. The van der Waals surface area contributed by atoms with Gasteiger partial charge in [-0.3, -0.25) is 0 Å². The molecule has 33 valence electrons. The Bertz CT molecular complexity index is 101. The molecule has 1 heteroatoms. The standard InChI is InChI=1S/C6H8.K/c1-6-4-2-3-5-6;/h2-4H,5H2,1H3;. The molecule has 0 nitrogen and oxygen atoms in total. The van der Waals surface area contributed by atoms with Crippen LogP contribution < -0.4 is 0 Å². The fourth-order valence-corrected chi connectivity index (χ4v) is 0.554. The van der Waals surface area contributed by atoms with Crippen LogP contribution >= 0.6 is 0 Å². The Hall–Kier alpha value is 1.12. The molecule has 0 saturated heterocycles. The first-order valence-corrected chi connectivity index (χ1v) is 2.22. The first kappa shape index (κ1) is 8.12. The van der Waals surface area contributed by atoms with E-state index in [0.29, 0.717) is 0 Å². The summed E-state index contributed by atoms with van der Waals surface area (Å²) in [6.07, 6.45) is 7.56. The average Bonchev–Trinajstić information content (AvgIpc) is 1.86. The Morgan fingerprint density at radius 3 is 2.43 bits per heavy atom. The minimum Gasteiger partial charge on any atom is -0.0805 e. The number of hydrogen-bond acceptors (Lipinski definition) is 0. The van der Waals surface area contributed by atoms with Crippen molar-refractivity contribution in [3.05, 3.63) is 23.8 Å². The zero-order chi connectivity index (χ0) is 4.41. The largest absolute Gasteiger partial charge is 0.0805 e. The smallest absolute Gasteiger partial charge is 0 e. The summed E-state index contributed by atoms with van der Waals surface area (Å²) in [6.45, 7) is 2.14. The van der Waals surface area contributed by atoms with Crippen molar-refractivity contribution in [2.24, 2.45) is 0 Å². The number of rotatable bonds is 0. The molecular weight excluding hydrogens is 111 g/mol. The van der Waals surface area contributed by atoms with Crippen molar-refractivity contribution in [3.63, 3.8) is 0 Å². The van der Waals surface area contributed by atoms with Gasteiger partial charge in [-0.15, -0.1) is 0 Å². The monoisotopic (exact) mass is 119 g/mol. The Morgan fingerprint density at radius 2 is 2.29 bits per heavy atom. The van der Waals surface area contributed by atoms with E-state index in [9.17, 15) is 0 Å². The molecule has 1 radical (unpaired) electrons. The van der Waals surface area contributed by atoms with E-state index in [1.54, 1.807) is 0 Å². The molecule has 0 bridgehead atoms. The van der Waals surface area contributed by atoms with E-state index in [-0.39, 0.29) is 51.4 Å². The summed E-state index contributed by atoms with van der Waals surface area (Å²) in [5.74, 6) is 0. The maximum absolute atomic E-state index is 2.16. The molecule has 0 spiro atoms. The summed E-state index contributed by atoms with van der Waals surface area (Å²) in [6, 6.07) is 0. The molecule has 0 amide bonds. The van der Waals surface area contributed by atoms with Crippen LogP contribution in [0.1, 0.15) is 13.3 Å². The number of hydrogen-bond donors (Lipinski definition) is 0. The Kier molecular flexibility index (Phi) is 4.69. The van der Waals surface area contributed by atoms with Crippen LogP contribution in [0, 0.1) is 0 Å². The molecule has 0 saturated carbocycles. The Labute approximate surface area is 87.1 Å². The van der Waals surface area contributed by atoms with Gasteiger partial charge in [-0.05, 0) is 13.3 Å². The summed E-state index contributed by atoms with van der Waals surface area (Å²) in [5.41, 5.74) is 1.47. The minimum absolute atomic E-state index is 0. The van der Waals surface area contributed by atoms with Crippen LogP contribution in [-0.2, 0) is 0 Å². The van der Waals surface area contributed by atoms with E-state index in [1.807, 2.05) is 0 Å². The van der Waals surface area contributed by atoms with Gasteiger partial charge in [0.05, 0.1) is 0 Å². The van der Waals surface area contributed by atoms with Crippen molar-refractivity contribution in [1.29, 1.82) is 0 Å². The van der Waals surface area contributed by atoms with Gasteiger partial charge in [0.2, 0.25) is 0 Å². The van der Waals surface area contributed by atoms with Gasteiger partial charge in [-0.25, -0.2) is 0 Å². The van der Waals surface area contributed by atoms with Crippen molar-refractivity contribution in [3.8, 4) is 0 Å². The third-order valence-corrected chi connectivity index (χ3v) is 0.957. The molecule has 0 aromatic heterocycles. The van der Waals surface area contributed by atoms with Crippen molar-refractivity contribution in [1.82, 2.24) is 0 Å². The summed E-state index contributed by atoms with van der Waals surface area (Å²) < 4.78 is 0. The minimum atomic E-state index is 0. The fourth-order valence-electron chi connectivity index (χ4n) is 0.554. The van der Waals surface area contributed by atoms with Crippen LogP contribution in [0.25, 0.3) is 0 Å². The van der Waals surface area contributed by atoms with Crippen molar-refractivity contribution in [2.75, 3.05) is 0 Å². The Morgan fingerprint density at radius 1 is 1.57 bits per heavy atom. The van der Waals surface area contributed by atoms with Gasteiger partial charge in [-0.1, -0.05) is 23.8 Å². The van der Waals surface area contributed by atoms with E-state index in [4.69, 9.17) is 0 Å². The molecule has 0 aliphatic heterocycles. The predicted octanol–water partition coefficient (Wildman–Crippen LogP) is 1.51. The van der Waals surface area contributed by atoms with Crippen LogP contribution in [0.5, 0.6) is 0 Å². The molecule has 0 N–H and O–H groups in total. The first-order valence-electron chi connectivity index (χ1n) is 2.22. The van der Waals surface area contributed by atoms with Crippen molar-refractivity contribution < 1.29 is 0 Å². The van der Waals surface area contributed by atoms with E-state index in [2.05, 4.69) is 25.2 Å². The fraction of sp³-hybridized carbons (Fsp3) is 0.333. The van der Waals surface area contributed by atoms with Gasteiger partial charge in [0.25, 0.3) is 0 Å². The van der Waals surface area contributed by atoms with Crippen molar-refractivity contribution in [2.45, 2.75) is 13.3 Å². The van der Waals surface area contributed by atoms with Gasteiger partial charge < -0.3 is 0 Å². The second-order valence-electron chi connectivity index (χ2n) is 1.65. The topological polar surface area (TPSA) is 0 Å². The van der Waals surface area contributed by atoms with Gasteiger partial charge in [0, 0.05) is 51.4 Å². The zero-order valence-corrected chi connectivity index (χ0v) is 8.06.